The number of nitrogens with two attached hydrogens (primary N) is 1. The van der Waals surface area contributed by atoms with Crippen molar-refractivity contribution in [2.45, 2.75) is 6.42 Å². The first-order chi connectivity index (χ1) is 6.79. The van der Waals surface area contributed by atoms with Crippen LogP contribution < -0.4 is 10.6 Å². The fourth-order valence-corrected chi connectivity index (χ4v) is 2.04. The Hall–Kier alpha value is -0.730. The molecule has 0 radical (unpaired) electrons. The van der Waals surface area contributed by atoms with Crippen LogP contribution in [-0.2, 0) is 0 Å². The lowest BCUT2D eigenvalue weighted by Crippen LogP contribution is -2.22. The summed E-state index contributed by atoms with van der Waals surface area (Å²) < 4.78 is 0. The van der Waals surface area contributed by atoms with E-state index in [-0.39, 0.29) is 0 Å². The van der Waals surface area contributed by atoms with Gasteiger partial charge in [-0.05, 0) is 43.1 Å². The molecule has 2 N–H and O–H groups in total. The Morgan fingerprint density at radius 2 is 2.07 bits per heavy atom. The highest BCUT2D eigenvalue weighted by molar-refractivity contribution is 6.30. The summed E-state index contributed by atoms with van der Waals surface area (Å²) >= 11 is 5.84. The van der Waals surface area contributed by atoms with E-state index in [4.69, 9.17) is 17.3 Å². The monoisotopic (exact) mass is 210 g/mol. The molecule has 1 aliphatic heterocycles. The Bertz CT molecular complexity index is 297. The Labute approximate surface area is 89.7 Å². The number of hydrogen-bond donors (Lipinski definition) is 1. The minimum absolute atomic E-state index is 0.658. The van der Waals surface area contributed by atoms with Gasteiger partial charge in [-0.3, -0.25) is 0 Å². The van der Waals surface area contributed by atoms with Gasteiger partial charge in [-0.1, -0.05) is 11.6 Å². The smallest absolute Gasteiger partial charge is 0.0407 e. The maximum absolute atomic E-state index is 5.84. The van der Waals surface area contributed by atoms with E-state index in [9.17, 15) is 0 Å². The minimum Gasteiger partial charge on any atom is -0.371 e. The van der Waals surface area contributed by atoms with Crippen molar-refractivity contribution in [3.05, 3.63) is 29.3 Å². The van der Waals surface area contributed by atoms with Gasteiger partial charge >= 0.3 is 0 Å². The summed E-state index contributed by atoms with van der Waals surface area (Å²) in [7, 11) is 0. The molecule has 2 nitrogen and oxygen atoms in total. The normalized spacial score (nSPS) is 21.6. The van der Waals surface area contributed by atoms with Crippen LogP contribution in [0.3, 0.4) is 0 Å². The highest BCUT2D eigenvalue weighted by Gasteiger charge is 2.20. The average Bonchev–Trinajstić information content (AvgIpc) is 2.67. The molecule has 1 aromatic rings. The molecule has 0 amide bonds. The molecule has 14 heavy (non-hydrogen) atoms. The predicted octanol–water partition coefficient (Wildman–Crippen LogP) is 2.12. The molecular weight excluding hydrogens is 196 g/mol. The van der Waals surface area contributed by atoms with Crippen LogP contribution in [0, 0.1) is 5.92 Å². The molecule has 1 aliphatic rings. The molecule has 3 heteroatoms. The van der Waals surface area contributed by atoms with Crippen LogP contribution >= 0.6 is 11.6 Å². The Morgan fingerprint density at radius 3 is 2.64 bits per heavy atom. The van der Waals surface area contributed by atoms with Crippen LogP contribution in [0.4, 0.5) is 5.69 Å². The van der Waals surface area contributed by atoms with Crippen molar-refractivity contribution < 1.29 is 0 Å². The second-order valence-electron chi connectivity index (χ2n) is 3.81. The van der Waals surface area contributed by atoms with Crippen molar-refractivity contribution in [2.24, 2.45) is 11.7 Å². The molecule has 1 saturated heterocycles. The Morgan fingerprint density at radius 1 is 1.36 bits per heavy atom. The van der Waals surface area contributed by atoms with E-state index in [1.807, 2.05) is 12.1 Å². The summed E-state index contributed by atoms with van der Waals surface area (Å²) in [4.78, 5) is 2.37. The third-order valence-corrected chi connectivity index (χ3v) is 3.06. The third-order valence-electron chi connectivity index (χ3n) is 2.81. The second-order valence-corrected chi connectivity index (χ2v) is 4.25. The summed E-state index contributed by atoms with van der Waals surface area (Å²) in [5.41, 5.74) is 6.91. The van der Waals surface area contributed by atoms with Crippen molar-refractivity contribution in [1.82, 2.24) is 0 Å². The van der Waals surface area contributed by atoms with E-state index < -0.39 is 0 Å². The van der Waals surface area contributed by atoms with E-state index in [1.54, 1.807) is 0 Å². The molecule has 76 valence electrons. The molecule has 1 fully saturated rings. The van der Waals surface area contributed by atoms with E-state index in [2.05, 4.69) is 17.0 Å². The van der Waals surface area contributed by atoms with Gasteiger partial charge in [-0.25, -0.2) is 0 Å². The molecular formula is C11H15ClN2. The van der Waals surface area contributed by atoms with E-state index in [0.29, 0.717) is 5.92 Å². The van der Waals surface area contributed by atoms with Gasteiger partial charge in [0.1, 0.15) is 0 Å². The third kappa shape index (κ3) is 2.02. The van der Waals surface area contributed by atoms with E-state index in [0.717, 1.165) is 24.7 Å². The zero-order valence-corrected chi connectivity index (χ0v) is 8.87. The number of anilines is 1. The molecule has 0 aromatic heterocycles. The first kappa shape index (κ1) is 9.81. The van der Waals surface area contributed by atoms with Crippen molar-refractivity contribution in [1.29, 1.82) is 0 Å². The molecule has 1 heterocycles. The quantitative estimate of drug-likeness (QED) is 0.811. The summed E-state index contributed by atoms with van der Waals surface area (Å²) in [6.45, 7) is 2.99. The number of benzene rings is 1. The fraction of sp³-hybridized carbons (Fsp3) is 0.455. The molecule has 0 bridgehead atoms. The van der Waals surface area contributed by atoms with Gasteiger partial charge in [-0.15, -0.1) is 0 Å². The average molecular weight is 211 g/mol. The Balaban J connectivity index is 2.06. The van der Waals surface area contributed by atoms with Crippen molar-refractivity contribution in [2.75, 3.05) is 24.5 Å². The van der Waals surface area contributed by atoms with Gasteiger partial charge < -0.3 is 10.6 Å². The molecule has 2 rings (SSSR count). The van der Waals surface area contributed by atoms with E-state index >= 15 is 0 Å². The largest absolute Gasteiger partial charge is 0.371 e. The SMILES string of the molecule is NC[C@H]1CCN(c2ccc(Cl)cc2)C1. The molecule has 1 atom stereocenters. The van der Waals surface area contributed by atoms with Crippen LogP contribution in [-0.4, -0.2) is 19.6 Å². The maximum Gasteiger partial charge on any atom is 0.0407 e. The van der Waals surface area contributed by atoms with Crippen LogP contribution in [0.1, 0.15) is 6.42 Å². The lowest BCUT2D eigenvalue weighted by Gasteiger charge is -2.18. The van der Waals surface area contributed by atoms with Crippen molar-refractivity contribution >= 4 is 17.3 Å². The van der Waals surface area contributed by atoms with Gasteiger partial charge in [-0.2, -0.15) is 0 Å². The van der Waals surface area contributed by atoms with E-state index in [1.165, 1.54) is 12.1 Å². The van der Waals surface area contributed by atoms with Crippen LogP contribution in [0.5, 0.6) is 0 Å². The molecule has 0 aliphatic carbocycles. The molecule has 0 saturated carbocycles. The zero-order valence-electron chi connectivity index (χ0n) is 8.12. The second kappa shape index (κ2) is 4.20. The van der Waals surface area contributed by atoms with Gasteiger partial charge in [0.25, 0.3) is 0 Å². The molecule has 0 unspecified atom stereocenters. The van der Waals surface area contributed by atoms with Gasteiger partial charge in [0.05, 0.1) is 0 Å². The number of halogens is 1. The predicted molar refractivity (Wildman–Crippen MR) is 60.8 cm³/mol. The number of nitrogens with zero attached hydrogens (tertiary/aromatic N) is 1. The lowest BCUT2D eigenvalue weighted by atomic mass is 10.1. The first-order valence-corrected chi connectivity index (χ1v) is 5.38. The summed E-state index contributed by atoms with van der Waals surface area (Å²) in [5.74, 6) is 0.658. The summed E-state index contributed by atoms with van der Waals surface area (Å²) in [5, 5.41) is 0.795. The topological polar surface area (TPSA) is 29.3 Å². The summed E-state index contributed by atoms with van der Waals surface area (Å²) in [6.07, 6.45) is 1.21. The Kier molecular flexibility index (Phi) is 2.94. The summed E-state index contributed by atoms with van der Waals surface area (Å²) in [6, 6.07) is 8.02. The number of hydrogen-bond acceptors (Lipinski definition) is 2. The first-order valence-electron chi connectivity index (χ1n) is 5.00. The van der Waals surface area contributed by atoms with Gasteiger partial charge in [0.2, 0.25) is 0 Å². The molecule has 0 spiro atoms. The number of rotatable bonds is 2. The van der Waals surface area contributed by atoms with Crippen LogP contribution in [0.25, 0.3) is 0 Å². The lowest BCUT2D eigenvalue weighted by molar-refractivity contribution is 0.602. The van der Waals surface area contributed by atoms with Gasteiger partial charge in [0.15, 0.2) is 0 Å². The van der Waals surface area contributed by atoms with Crippen molar-refractivity contribution in [3.8, 4) is 0 Å². The van der Waals surface area contributed by atoms with Crippen molar-refractivity contribution in [3.63, 3.8) is 0 Å². The molecule has 1 aromatic carbocycles. The standard InChI is InChI=1S/C11H15ClN2/c12-10-1-3-11(4-2-10)14-6-5-9(7-13)8-14/h1-4,9H,5-8,13H2/t9-/m1/s1. The van der Waals surface area contributed by atoms with Crippen LogP contribution in [0.2, 0.25) is 5.02 Å². The fourth-order valence-electron chi connectivity index (χ4n) is 1.91. The van der Waals surface area contributed by atoms with Gasteiger partial charge in [0, 0.05) is 23.8 Å². The minimum atomic E-state index is 0.658. The maximum atomic E-state index is 5.84. The highest BCUT2D eigenvalue weighted by atomic mass is 35.5. The highest BCUT2D eigenvalue weighted by Crippen LogP contribution is 2.24. The van der Waals surface area contributed by atoms with Crippen LogP contribution in [0.15, 0.2) is 24.3 Å². The zero-order chi connectivity index (χ0) is 9.97.